The summed E-state index contributed by atoms with van der Waals surface area (Å²) < 4.78 is 10.9. The number of fused-ring (bicyclic) bond motifs is 1. The Bertz CT molecular complexity index is 1070. The molecule has 3 aliphatic heterocycles. The van der Waals surface area contributed by atoms with Crippen molar-refractivity contribution in [3.63, 3.8) is 0 Å². The second-order valence-electron chi connectivity index (χ2n) is 8.98. The molecule has 33 heavy (non-hydrogen) atoms. The maximum Gasteiger partial charge on any atom is 0.338 e. The van der Waals surface area contributed by atoms with Crippen LogP contribution in [0.25, 0.3) is 0 Å². The minimum absolute atomic E-state index is 0.0104. The molecule has 176 valence electrons. The van der Waals surface area contributed by atoms with Crippen LogP contribution in [0.4, 0.5) is 0 Å². The van der Waals surface area contributed by atoms with E-state index in [9.17, 15) is 9.59 Å². The molecule has 3 heterocycles. The van der Waals surface area contributed by atoms with Gasteiger partial charge >= 0.3 is 5.97 Å². The first-order valence-electron chi connectivity index (χ1n) is 11.2. The molecule has 0 N–H and O–H groups in total. The van der Waals surface area contributed by atoms with Gasteiger partial charge in [-0.05, 0) is 51.2 Å². The molecule has 3 atom stereocenters. The number of aliphatic imine (C=N–C) groups is 1. The van der Waals surface area contributed by atoms with Gasteiger partial charge in [-0.25, -0.2) is 9.79 Å². The zero-order valence-corrected chi connectivity index (χ0v) is 20.9. The van der Waals surface area contributed by atoms with Crippen molar-refractivity contribution in [1.29, 1.82) is 0 Å². The molecule has 1 saturated heterocycles. The Morgan fingerprint density at radius 1 is 1.18 bits per heavy atom. The second kappa shape index (κ2) is 9.35. The molecule has 7 nitrogen and oxygen atoms in total. The molecule has 1 amide bonds. The fourth-order valence-electron chi connectivity index (χ4n) is 4.82. The lowest BCUT2D eigenvalue weighted by Gasteiger charge is -2.38. The van der Waals surface area contributed by atoms with Gasteiger partial charge in [-0.3, -0.25) is 4.79 Å². The summed E-state index contributed by atoms with van der Waals surface area (Å²) in [5, 5.41) is 2.75. The molecule has 4 rings (SSSR count). The van der Waals surface area contributed by atoms with Gasteiger partial charge in [-0.15, -0.1) is 0 Å². The first-order valence-corrected chi connectivity index (χ1v) is 12.1. The predicted molar refractivity (Wildman–Crippen MR) is 130 cm³/mol. The summed E-state index contributed by atoms with van der Waals surface area (Å²) in [6, 6.07) is 5.82. The number of methoxy groups -OCH3 is 1. The van der Waals surface area contributed by atoms with E-state index in [1.807, 2.05) is 55.9 Å². The molecule has 0 unspecified atom stereocenters. The van der Waals surface area contributed by atoms with Gasteiger partial charge in [-0.2, -0.15) is 0 Å². The van der Waals surface area contributed by atoms with E-state index in [2.05, 4.69) is 12.1 Å². The number of nitrogens with zero attached hydrogens (tertiary/aromatic N) is 3. The highest BCUT2D eigenvalue weighted by molar-refractivity contribution is 8.16. The maximum atomic E-state index is 13.3. The molecule has 1 aromatic rings. The number of hydrogen-bond acceptors (Lipinski definition) is 7. The number of amidine groups is 1. The zero-order chi connectivity index (χ0) is 23.9. The molecule has 0 saturated carbocycles. The highest BCUT2D eigenvalue weighted by atomic mass is 32.2. The summed E-state index contributed by atoms with van der Waals surface area (Å²) in [5.74, 6) is -0.353. The fraction of sp³-hybridized carbons (Fsp3) is 0.480. The first-order chi connectivity index (χ1) is 15.7. The van der Waals surface area contributed by atoms with Crippen molar-refractivity contribution in [1.82, 2.24) is 9.80 Å². The van der Waals surface area contributed by atoms with Crippen molar-refractivity contribution < 1.29 is 19.1 Å². The van der Waals surface area contributed by atoms with Crippen LogP contribution in [0, 0.1) is 13.8 Å². The number of aryl methyl sites for hydroxylation is 2. The Labute approximate surface area is 199 Å². The standard InChI is InChI=1S/C25H31N3O4S/c1-14-7-8-20(15(2)9-14)23-22(24(30)31-6)18(5)26-25-28(23)19(13-33-25)10-21(29)27-11-16(3)32-17(4)12-27/h7-9,13,16-17,23H,10-12H2,1-6H3/t16-,17-,23-/m0/s1. The van der Waals surface area contributed by atoms with Gasteiger partial charge in [0.15, 0.2) is 5.17 Å². The topological polar surface area (TPSA) is 71.4 Å². The van der Waals surface area contributed by atoms with Gasteiger partial charge in [0.05, 0.1) is 43.1 Å². The normalized spacial score (nSPS) is 25.0. The molecular formula is C25H31N3O4S. The summed E-state index contributed by atoms with van der Waals surface area (Å²) in [6.07, 6.45) is 0.257. The number of hydrogen-bond donors (Lipinski definition) is 0. The van der Waals surface area contributed by atoms with E-state index in [1.165, 1.54) is 18.9 Å². The summed E-state index contributed by atoms with van der Waals surface area (Å²) >= 11 is 1.49. The van der Waals surface area contributed by atoms with Crippen molar-refractivity contribution in [2.45, 2.75) is 59.3 Å². The summed E-state index contributed by atoms with van der Waals surface area (Å²) in [4.78, 5) is 34.8. The average molecular weight is 470 g/mol. The minimum atomic E-state index is -0.404. The van der Waals surface area contributed by atoms with Crippen molar-refractivity contribution in [2.24, 2.45) is 4.99 Å². The van der Waals surface area contributed by atoms with Crippen molar-refractivity contribution in [2.75, 3.05) is 20.2 Å². The highest BCUT2D eigenvalue weighted by Gasteiger charge is 2.42. The van der Waals surface area contributed by atoms with E-state index in [0.29, 0.717) is 24.4 Å². The number of benzene rings is 1. The fourth-order valence-corrected chi connectivity index (χ4v) is 5.78. The van der Waals surface area contributed by atoms with E-state index in [1.54, 1.807) is 0 Å². The molecule has 3 aliphatic rings. The van der Waals surface area contributed by atoms with Crippen LogP contribution >= 0.6 is 11.8 Å². The molecule has 1 aromatic carbocycles. The van der Waals surface area contributed by atoms with Crippen LogP contribution in [-0.4, -0.2) is 59.3 Å². The number of rotatable bonds is 4. The number of ether oxygens (including phenoxy) is 2. The third kappa shape index (κ3) is 4.59. The van der Waals surface area contributed by atoms with Crippen LogP contribution in [0.15, 0.2) is 45.6 Å². The van der Waals surface area contributed by atoms with Gasteiger partial charge in [0, 0.05) is 18.8 Å². The number of allylic oxidation sites excluding steroid dienone is 1. The molecule has 0 radical (unpaired) electrons. The van der Waals surface area contributed by atoms with Crippen LogP contribution in [0.2, 0.25) is 0 Å². The van der Waals surface area contributed by atoms with E-state index in [-0.39, 0.29) is 24.5 Å². The molecular weight excluding hydrogens is 438 g/mol. The third-order valence-corrected chi connectivity index (χ3v) is 7.12. The summed E-state index contributed by atoms with van der Waals surface area (Å²) in [6.45, 7) is 11.1. The molecule has 0 spiro atoms. The number of amides is 1. The highest BCUT2D eigenvalue weighted by Crippen LogP contribution is 2.45. The van der Waals surface area contributed by atoms with Crippen LogP contribution in [0.3, 0.4) is 0 Å². The van der Waals surface area contributed by atoms with Crippen LogP contribution in [0.1, 0.15) is 49.9 Å². The van der Waals surface area contributed by atoms with Gasteiger partial charge in [0.2, 0.25) is 5.91 Å². The van der Waals surface area contributed by atoms with Gasteiger partial charge in [-0.1, -0.05) is 35.5 Å². The van der Waals surface area contributed by atoms with Crippen LogP contribution in [0.5, 0.6) is 0 Å². The summed E-state index contributed by atoms with van der Waals surface area (Å²) in [7, 11) is 1.39. The van der Waals surface area contributed by atoms with Crippen LogP contribution in [-0.2, 0) is 19.1 Å². The summed E-state index contributed by atoms with van der Waals surface area (Å²) in [5.41, 5.74) is 5.22. The van der Waals surface area contributed by atoms with E-state index in [0.717, 1.165) is 27.6 Å². The molecule has 8 heteroatoms. The zero-order valence-electron chi connectivity index (χ0n) is 20.0. The number of morpholine rings is 1. The van der Waals surface area contributed by atoms with Gasteiger partial charge in [0.25, 0.3) is 0 Å². The van der Waals surface area contributed by atoms with Crippen LogP contribution < -0.4 is 0 Å². The molecule has 0 aromatic heterocycles. The molecule has 1 fully saturated rings. The smallest absolute Gasteiger partial charge is 0.338 e. The average Bonchev–Trinajstić information content (AvgIpc) is 3.13. The van der Waals surface area contributed by atoms with E-state index >= 15 is 0 Å². The number of thioether (sulfide) groups is 1. The van der Waals surface area contributed by atoms with E-state index < -0.39 is 12.0 Å². The lowest BCUT2D eigenvalue weighted by atomic mass is 9.90. The Morgan fingerprint density at radius 2 is 1.88 bits per heavy atom. The Balaban J connectivity index is 1.70. The Morgan fingerprint density at radius 3 is 2.52 bits per heavy atom. The predicted octanol–water partition coefficient (Wildman–Crippen LogP) is 4.08. The minimum Gasteiger partial charge on any atom is -0.466 e. The lowest BCUT2D eigenvalue weighted by Crippen LogP contribution is -2.48. The SMILES string of the molecule is COC(=O)C1=C(C)N=C2SC=C(CC(=O)N3C[C@H](C)O[C@@H](C)C3)N2[C@H]1c1ccc(C)cc1C. The number of carbonyl (C=O) groups is 2. The van der Waals surface area contributed by atoms with Gasteiger partial charge < -0.3 is 19.3 Å². The van der Waals surface area contributed by atoms with Crippen molar-refractivity contribution >= 4 is 28.8 Å². The maximum absolute atomic E-state index is 13.3. The number of carbonyl (C=O) groups excluding carboxylic acids is 2. The Kier molecular flexibility index (Phi) is 6.68. The number of esters is 1. The third-order valence-electron chi connectivity index (χ3n) is 6.23. The monoisotopic (exact) mass is 469 g/mol. The molecule has 0 aliphatic carbocycles. The lowest BCUT2D eigenvalue weighted by molar-refractivity contribution is -0.142. The van der Waals surface area contributed by atoms with Crippen molar-refractivity contribution in [3.8, 4) is 0 Å². The largest absolute Gasteiger partial charge is 0.466 e. The molecule has 0 bridgehead atoms. The first kappa shape index (κ1) is 23.6. The second-order valence-corrected chi connectivity index (χ2v) is 9.81. The Hall–Kier alpha value is -2.58. The van der Waals surface area contributed by atoms with Crippen molar-refractivity contribution in [3.05, 3.63) is 57.3 Å². The van der Waals surface area contributed by atoms with E-state index in [4.69, 9.17) is 14.5 Å². The quantitative estimate of drug-likeness (QED) is 0.619. The van der Waals surface area contributed by atoms with Gasteiger partial charge in [0.1, 0.15) is 0 Å².